The molecule has 1 amide bonds. The van der Waals surface area contributed by atoms with Gasteiger partial charge in [-0.15, -0.1) is 0 Å². The van der Waals surface area contributed by atoms with Gasteiger partial charge in [0.15, 0.2) is 0 Å². The van der Waals surface area contributed by atoms with Crippen LogP contribution in [0.5, 0.6) is 0 Å². The van der Waals surface area contributed by atoms with Gasteiger partial charge in [-0.1, -0.05) is 0 Å². The summed E-state index contributed by atoms with van der Waals surface area (Å²) in [6.07, 6.45) is 0. The van der Waals surface area contributed by atoms with E-state index in [1.807, 2.05) is 0 Å². The molecule has 0 saturated carbocycles. The second-order valence-electron chi connectivity index (χ2n) is 0.793. The van der Waals surface area contributed by atoms with E-state index in [1.165, 1.54) is 6.92 Å². The zero-order chi connectivity index (χ0) is 4.99. The summed E-state index contributed by atoms with van der Waals surface area (Å²) in [4.78, 5) is 9.82. The van der Waals surface area contributed by atoms with Crippen LogP contribution >= 0.6 is 8.70 Å². The molecule has 0 unspecified atom stereocenters. The van der Waals surface area contributed by atoms with Crippen LogP contribution in [0.25, 0.3) is 0 Å². The maximum absolute atomic E-state index is 9.82. The molecule has 0 radical (unpaired) electrons. The van der Waals surface area contributed by atoms with Crippen molar-refractivity contribution in [3.63, 3.8) is 0 Å². The Kier molecular flexibility index (Phi) is 2.74. The van der Waals surface area contributed by atoms with E-state index >= 15 is 0 Å². The van der Waals surface area contributed by atoms with Gasteiger partial charge in [0.05, 0.1) is 0 Å². The monoisotopic (exact) mass is 101 g/mol. The van der Waals surface area contributed by atoms with Crippen molar-refractivity contribution in [1.29, 1.82) is 0 Å². The number of nitrogens with one attached hydrogen (secondary N) is 1. The molecular formula is C3H4NOP. The number of carbonyl (C=O) groups excluding carboxylic acids is 1. The Morgan fingerprint density at radius 3 is 2.50 bits per heavy atom. The van der Waals surface area contributed by atoms with E-state index < -0.39 is 0 Å². The van der Waals surface area contributed by atoms with Crippen LogP contribution in [0.4, 0.5) is 0 Å². The minimum atomic E-state index is -0.148. The first kappa shape index (κ1) is 5.68. The van der Waals surface area contributed by atoms with E-state index in [9.17, 15) is 4.79 Å². The Morgan fingerprint density at radius 1 is 2.00 bits per heavy atom. The summed E-state index contributed by atoms with van der Waals surface area (Å²) in [6, 6.07) is 0. The molecule has 0 aliphatic heterocycles. The molecule has 3 heteroatoms. The van der Waals surface area contributed by atoms with Gasteiger partial charge in [0, 0.05) is 0 Å². The average Bonchev–Trinajstić information content (AvgIpc) is 1.35. The molecule has 6 heavy (non-hydrogen) atoms. The molecule has 2 nitrogen and oxygen atoms in total. The van der Waals surface area contributed by atoms with Crippen LogP contribution in [0.2, 0.25) is 0 Å². The van der Waals surface area contributed by atoms with Gasteiger partial charge in [-0.05, 0) is 0 Å². The van der Waals surface area contributed by atoms with Gasteiger partial charge in [0.25, 0.3) is 0 Å². The number of hydrogen-bond acceptors (Lipinski definition) is 1. The molecule has 0 aliphatic carbocycles. The van der Waals surface area contributed by atoms with Crippen molar-refractivity contribution in [2.24, 2.45) is 0 Å². The van der Waals surface area contributed by atoms with Crippen molar-refractivity contribution in [3.05, 3.63) is 0 Å². The summed E-state index contributed by atoms with van der Waals surface area (Å²) in [6.45, 7) is 1.39. The third-order valence-corrected chi connectivity index (χ3v) is 0.344. The molecule has 0 aromatic heterocycles. The molecule has 0 aromatic rings. The summed E-state index contributed by atoms with van der Waals surface area (Å²) >= 11 is 0. The zero-order valence-corrected chi connectivity index (χ0v) is 4.25. The van der Waals surface area contributed by atoms with Gasteiger partial charge < -0.3 is 0 Å². The normalized spacial score (nSPS) is 6.00. The van der Waals surface area contributed by atoms with Crippen LogP contribution in [0.3, 0.4) is 0 Å². The summed E-state index contributed by atoms with van der Waals surface area (Å²) in [7, 11) is 3.48. The van der Waals surface area contributed by atoms with Crippen molar-refractivity contribution in [1.82, 2.24) is 5.32 Å². The van der Waals surface area contributed by atoms with Crippen molar-refractivity contribution >= 4 is 14.6 Å². The maximum atomic E-state index is 9.82. The van der Waals surface area contributed by atoms with E-state index in [0.29, 0.717) is 0 Å². The van der Waals surface area contributed by atoms with Crippen LogP contribution in [0, 0.1) is 5.75 Å². The second-order valence-corrected chi connectivity index (χ2v) is 1.02. The van der Waals surface area contributed by atoms with E-state index in [-0.39, 0.29) is 5.91 Å². The summed E-state index contributed by atoms with van der Waals surface area (Å²) in [5.41, 5.74) is 0. The van der Waals surface area contributed by atoms with Gasteiger partial charge in [-0.3, -0.25) is 0 Å². The van der Waals surface area contributed by atoms with Crippen molar-refractivity contribution in [3.8, 4) is 5.75 Å². The molecule has 0 bridgehead atoms. The molecule has 0 fully saturated rings. The Labute approximate surface area is 38.4 Å². The number of hydrogen-bond donors (Lipinski definition) is 1. The number of amides is 1. The molecular weight excluding hydrogens is 97.0 g/mol. The summed E-state index contributed by atoms with van der Waals surface area (Å²) in [5, 5.41) is 2.18. The Morgan fingerprint density at radius 2 is 2.50 bits per heavy atom. The topological polar surface area (TPSA) is 29.1 Å². The van der Waals surface area contributed by atoms with E-state index in [1.54, 1.807) is 0 Å². The quantitative estimate of drug-likeness (QED) is 0.348. The van der Waals surface area contributed by atoms with Crippen molar-refractivity contribution in [2.45, 2.75) is 6.92 Å². The Bertz CT molecular complexity index is 93.5. The molecule has 0 spiro atoms. The minimum absolute atomic E-state index is 0.148. The van der Waals surface area contributed by atoms with Crippen molar-refractivity contribution in [2.75, 3.05) is 0 Å². The fourth-order valence-electron chi connectivity index (χ4n) is 0.0787. The van der Waals surface area contributed by atoms with Gasteiger partial charge >= 0.3 is 37.4 Å². The van der Waals surface area contributed by atoms with Crippen LogP contribution in [0.1, 0.15) is 6.92 Å². The molecule has 0 aromatic carbocycles. The SMILES string of the molecule is CC(=O)NC#P. The predicted molar refractivity (Wildman–Crippen MR) is 24.6 cm³/mol. The fourth-order valence-corrected chi connectivity index (χ4v) is 0.236. The molecule has 0 aliphatic rings. The zero-order valence-electron chi connectivity index (χ0n) is 3.36. The average molecular weight is 101 g/mol. The van der Waals surface area contributed by atoms with Crippen LogP contribution in [-0.4, -0.2) is 5.91 Å². The molecule has 1 N–H and O–H groups in total. The Hall–Kier alpha value is -0.320. The molecule has 0 heterocycles. The third-order valence-electron chi connectivity index (χ3n) is 0.232. The Balaban J connectivity index is 3.13. The molecule has 0 rings (SSSR count). The predicted octanol–water partition coefficient (Wildman–Crippen LogP) is 0.450. The van der Waals surface area contributed by atoms with E-state index in [4.69, 9.17) is 0 Å². The molecule has 0 atom stereocenters. The molecule has 32 valence electrons. The standard InChI is InChI=1S/C3H4NOP/c1-3(5)4-2-6/h1H3,(H,4,5). The van der Waals surface area contributed by atoms with E-state index in [2.05, 4.69) is 19.8 Å². The van der Waals surface area contributed by atoms with Crippen LogP contribution in [-0.2, 0) is 4.79 Å². The first-order valence-electron chi connectivity index (χ1n) is 1.43. The first-order valence-corrected chi connectivity index (χ1v) is 1.87. The second kappa shape index (κ2) is 2.89. The van der Waals surface area contributed by atoms with Gasteiger partial charge in [-0.2, -0.15) is 0 Å². The van der Waals surface area contributed by atoms with Crippen molar-refractivity contribution < 1.29 is 4.79 Å². The number of carbonyl (C=O) groups is 1. The summed E-state index contributed by atoms with van der Waals surface area (Å²) < 4.78 is 0. The van der Waals surface area contributed by atoms with Gasteiger partial charge in [-0.25, -0.2) is 0 Å². The fraction of sp³-hybridized carbons (Fsp3) is 0.333. The van der Waals surface area contributed by atoms with Gasteiger partial charge in [0.2, 0.25) is 0 Å². The number of rotatable bonds is 0. The first-order chi connectivity index (χ1) is 2.77. The summed E-state index contributed by atoms with van der Waals surface area (Å²) in [5.74, 6) is 2.01. The van der Waals surface area contributed by atoms with Crippen LogP contribution < -0.4 is 5.32 Å². The van der Waals surface area contributed by atoms with Gasteiger partial charge in [0.1, 0.15) is 0 Å². The molecule has 0 saturated heterocycles. The van der Waals surface area contributed by atoms with Crippen LogP contribution in [0.15, 0.2) is 0 Å². The van der Waals surface area contributed by atoms with E-state index in [0.717, 1.165) is 0 Å². The third kappa shape index (κ3) is 3.68.